The summed E-state index contributed by atoms with van der Waals surface area (Å²) in [6, 6.07) is 10.5. The summed E-state index contributed by atoms with van der Waals surface area (Å²) in [5.41, 5.74) is 5.93. The van der Waals surface area contributed by atoms with E-state index in [1.54, 1.807) is 25.1 Å². The summed E-state index contributed by atoms with van der Waals surface area (Å²) in [5.74, 6) is 0. The minimum Gasteiger partial charge on any atom is -0.278 e. The molecule has 0 aromatic heterocycles. The van der Waals surface area contributed by atoms with Gasteiger partial charge in [-0.2, -0.15) is 5.10 Å². The summed E-state index contributed by atoms with van der Waals surface area (Å²) in [5, 5.41) is 15.6. The van der Waals surface area contributed by atoms with Crippen molar-refractivity contribution in [3.05, 3.63) is 68.2 Å². The normalized spacial score (nSPS) is 10.8. The maximum atomic E-state index is 10.9. The standard InChI is InChI=1S/C15H14ClN3O2/c1-10-4-6-13(8-14(10)16)18-17-9-12-5-3-11(2)15(7-12)19(20)21/h3-9,18H,1-2H3. The fraction of sp³-hybridized carbons (Fsp3) is 0.133. The van der Waals surface area contributed by atoms with Gasteiger partial charge in [0.1, 0.15) is 0 Å². The molecule has 0 saturated heterocycles. The molecule has 2 aromatic rings. The first-order chi connectivity index (χ1) is 9.97. The summed E-state index contributed by atoms with van der Waals surface area (Å²) in [6.07, 6.45) is 1.53. The average molecular weight is 304 g/mol. The molecule has 0 spiro atoms. The van der Waals surface area contributed by atoms with Gasteiger partial charge < -0.3 is 0 Å². The molecule has 0 saturated carbocycles. The second kappa shape index (κ2) is 6.37. The molecule has 0 radical (unpaired) electrons. The summed E-state index contributed by atoms with van der Waals surface area (Å²) < 4.78 is 0. The highest BCUT2D eigenvalue weighted by molar-refractivity contribution is 6.31. The molecule has 0 atom stereocenters. The zero-order chi connectivity index (χ0) is 15.4. The third-order valence-electron chi connectivity index (χ3n) is 3.01. The van der Waals surface area contributed by atoms with E-state index in [-0.39, 0.29) is 5.69 Å². The van der Waals surface area contributed by atoms with Crippen LogP contribution in [0.3, 0.4) is 0 Å². The lowest BCUT2D eigenvalue weighted by molar-refractivity contribution is -0.385. The average Bonchev–Trinajstić information content (AvgIpc) is 2.44. The van der Waals surface area contributed by atoms with Crippen LogP contribution in [0.5, 0.6) is 0 Å². The Bertz CT molecular complexity index is 714. The second-order valence-electron chi connectivity index (χ2n) is 4.64. The highest BCUT2D eigenvalue weighted by Crippen LogP contribution is 2.20. The molecular weight excluding hydrogens is 290 g/mol. The number of benzene rings is 2. The molecule has 0 fully saturated rings. The minimum atomic E-state index is -0.403. The van der Waals surface area contributed by atoms with Crippen LogP contribution in [0.2, 0.25) is 5.02 Å². The van der Waals surface area contributed by atoms with Gasteiger partial charge in [0.25, 0.3) is 5.69 Å². The Kier molecular flexibility index (Phi) is 4.55. The van der Waals surface area contributed by atoms with Crippen LogP contribution in [0, 0.1) is 24.0 Å². The molecule has 1 N–H and O–H groups in total. The minimum absolute atomic E-state index is 0.0809. The molecular formula is C15H14ClN3O2. The number of hydrogen-bond acceptors (Lipinski definition) is 4. The topological polar surface area (TPSA) is 67.5 Å². The van der Waals surface area contributed by atoms with E-state index in [1.807, 2.05) is 19.1 Å². The lowest BCUT2D eigenvalue weighted by Gasteiger charge is -2.03. The number of anilines is 1. The van der Waals surface area contributed by atoms with Crippen LogP contribution in [0.15, 0.2) is 41.5 Å². The van der Waals surface area contributed by atoms with Gasteiger partial charge in [0.2, 0.25) is 0 Å². The van der Waals surface area contributed by atoms with Crippen LogP contribution in [-0.4, -0.2) is 11.1 Å². The van der Waals surface area contributed by atoms with Gasteiger partial charge in [-0.3, -0.25) is 15.5 Å². The van der Waals surface area contributed by atoms with Gasteiger partial charge in [-0.1, -0.05) is 29.8 Å². The van der Waals surface area contributed by atoms with Crippen LogP contribution in [0.25, 0.3) is 0 Å². The molecule has 0 amide bonds. The predicted octanol–water partition coefficient (Wildman–Crippen LogP) is 4.31. The molecule has 0 bridgehead atoms. The Balaban J connectivity index is 2.12. The van der Waals surface area contributed by atoms with Gasteiger partial charge in [0.15, 0.2) is 0 Å². The van der Waals surface area contributed by atoms with Crippen LogP contribution >= 0.6 is 11.6 Å². The first kappa shape index (κ1) is 15.0. The fourth-order valence-corrected chi connectivity index (χ4v) is 1.93. The third-order valence-corrected chi connectivity index (χ3v) is 3.42. The van der Waals surface area contributed by atoms with Gasteiger partial charge in [-0.15, -0.1) is 0 Å². The summed E-state index contributed by atoms with van der Waals surface area (Å²) in [6.45, 7) is 3.62. The quantitative estimate of drug-likeness (QED) is 0.520. The van der Waals surface area contributed by atoms with Crippen LogP contribution in [0.1, 0.15) is 16.7 Å². The molecule has 6 heteroatoms. The number of rotatable bonds is 4. The van der Waals surface area contributed by atoms with Gasteiger partial charge in [0, 0.05) is 22.2 Å². The first-order valence-electron chi connectivity index (χ1n) is 6.27. The molecule has 2 rings (SSSR count). The smallest absolute Gasteiger partial charge is 0.272 e. The van der Waals surface area contributed by atoms with Crippen molar-refractivity contribution in [3.63, 3.8) is 0 Å². The van der Waals surface area contributed by atoms with Crippen molar-refractivity contribution < 1.29 is 4.92 Å². The van der Waals surface area contributed by atoms with Crippen LogP contribution in [0.4, 0.5) is 11.4 Å². The molecule has 2 aromatic carbocycles. The Labute approximate surface area is 127 Å². The molecule has 0 unspecified atom stereocenters. The second-order valence-corrected chi connectivity index (χ2v) is 5.04. The van der Waals surface area contributed by atoms with Crippen molar-refractivity contribution in [2.75, 3.05) is 5.43 Å². The number of nitro groups is 1. The Morgan fingerprint density at radius 3 is 2.57 bits per heavy atom. The maximum Gasteiger partial charge on any atom is 0.272 e. The molecule has 21 heavy (non-hydrogen) atoms. The van der Waals surface area contributed by atoms with Gasteiger partial charge >= 0.3 is 0 Å². The SMILES string of the molecule is Cc1ccc(NN=Cc2ccc(C)c([N+](=O)[O-])c2)cc1Cl. The predicted molar refractivity (Wildman–Crippen MR) is 85.2 cm³/mol. The summed E-state index contributed by atoms with van der Waals surface area (Å²) in [7, 11) is 0. The Hall–Kier alpha value is -2.40. The highest BCUT2D eigenvalue weighted by Gasteiger charge is 2.09. The van der Waals surface area contributed by atoms with E-state index >= 15 is 0 Å². The monoisotopic (exact) mass is 303 g/mol. The molecule has 0 aliphatic rings. The van der Waals surface area contributed by atoms with Crippen molar-refractivity contribution in [2.24, 2.45) is 5.10 Å². The number of nitrogens with one attached hydrogen (secondary N) is 1. The van der Waals surface area contributed by atoms with E-state index in [0.717, 1.165) is 11.3 Å². The molecule has 0 heterocycles. The highest BCUT2D eigenvalue weighted by atomic mass is 35.5. The van der Waals surface area contributed by atoms with Gasteiger partial charge in [-0.05, 0) is 31.5 Å². The number of hydrogen-bond donors (Lipinski definition) is 1. The lowest BCUT2D eigenvalue weighted by Crippen LogP contribution is -1.95. The van der Waals surface area contributed by atoms with Crippen LogP contribution in [-0.2, 0) is 0 Å². The Morgan fingerprint density at radius 2 is 1.90 bits per heavy atom. The molecule has 0 aliphatic carbocycles. The molecule has 5 nitrogen and oxygen atoms in total. The Morgan fingerprint density at radius 1 is 1.19 bits per heavy atom. The van der Waals surface area contributed by atoms with Crippen molar-refractivity contribution in [3.8, 4) is 0 Å². The third kappa shape index (κ3) is 3.79. The van der Waals surface area contributed by atoms with E-state index in [2.05, 4.69) is 10.5 Å². The zero-order valence-corrected chi connectivity index (χ0v) is 12.4. The lowest BCUT2D eigenvalue weighted by atomic mass is 10.1. The molecule has 108 valence electrons. The van der Waals surface area contributed by atoms with Gasteiger partial charge in [0.05, 0.1) is 16.8 Å². The summed E-state index contributed by atoms with van der Waals surface area (Å²) >= 11 is 6.02. The zero-order valence-electron chi connectivity index (χ0n) is 11.6. The van der Waals surface area contributed by atoms with E-state index in [0.29, 0.717) is 16.1 Å². The van der Waals surface area contributed by atoms with E-state index in [4.69, 9.17) is 11.6 Å². The van der Waals surface area contributed by atoms with E-state index in [1.165, 1.54) is 12.3 Å². The molecule has 0 aliphatic heterocycles. The fourth-order valence-electron chi connectivity index (χ4n) is 1.75. The largest absolute Gasteiger partial charge is 0.278 e. The van der Waals surface area contributed by atoms with Crippen molar-refractivity contribution >= 4 is 29.2 Å². The van der Waals surface area contributed by atoms with Gasteiger partial charge in [-0.25, -0.2) is 0 Å². The van der Waals surface area contributed by atoms with Crippen molar-refractivity contribution in [1.29, 1.82) is 0 Å². The number of hydrazone groups is 1. The van der Waals surface area contributed by atoms with Crippen molar-refractivity contribution in [2.45, 2.75) is 13.8 Å². The van der Waals surface area contributed by atoms with Crippen molar-refractivity contribution in [1.82, 2.24) is 0 Å². The van der Waals surface area contributed by atoms with E-state index < -0.39 is 4.92 Å². The van der Waals surface area contributed by atoms with E-state index in [9.17, 15) is 10.1 Å². The summed E-state index contributed by atoms with van der Waals surface area (Å²) in [4.78, 5) is 10.5. The first-order valence-corrected chi connectivity index (χ1v) is 6.65. The number of nitro benzene ring substituents is 1. The number of nitrogens with zero attached hydrogens (tertiary/aromatic N) is 2. The van der Waals surface area contributed by atoms with Crippen LogP contribution < -0.4 is 5.43 Å². The number of aryl methyl sites for hydroxylation is 2. The maximum absolute atomic E-state index is 10.9. The number of halogens is 1.